The largest absolute Gasteiger partial charge is 0.507 e. The van der Waals surface area contributed by atoms with Gasteiger partial charge in [0.15, 0.2) is 5.78 Å². The van der Waals surface area contributed by atoms with E-state index < -0.39 is 5.78 Å². The number of carbonyl (C=O) groups excluding carboxylic acids is 2. The summed E-state index contributed by atoms with van der Waals surface area (Å²) in [6.07, 6.45) is 1.43. The maximum absolute atomic E-state index is 13.0. The Morgan fingerprint density at radius 3 is 2.52 bits per heavy atom. The minimum Gasteiger partial charge on any atom is -0.507 e. The number of carbonyl (C=O) groups is 2. The van der Waals surface area contributed by atoms with Crippen LogP contribution in [0.15, 0.2) is 59.5 Å². The lowest BCUT2D eigenvalue weighted by molar-refractivity contribution is -0.114. The first-order chi connectivity index (χ1) is 13.8. The number of phenols is 1. The van der Waals surface area contributed by atoms with Gasteiger partial charge in [-0.3, -0.25) is 19.0 Å². The van der Waals surface area contributed by atoms with Crippen LogP contribution in [-0.2, 0) is 4.79 Å². The number of aromatic hydroxyl groups is 1. The second-order valence-corrected chi connectivity index (χ2v) is 6.54. The van der Waals surface area contributed by atoms with Gasteiger partial charge in [0.1, 0.15) is 11.5 Å². The highest BCUT2D eigenvalue weighted by atomic mass is 16.5. The van der Waals surface area contributed by atoms with Crippen LogP contribution in [0.5, 0.6) is 11.5 Å². The molecule has 0 aliphatic carbocycles. The molecule has 0 atom stereocenters. The lowest BCUT2D eigenvalue weighted by Gasteiger charge is -2.13. The van der Waals surface area contributed by atoms with E-state index in [9.17, 15) is 19.5 Å². The van der Waals surface area contributed by atoms with Gasteiger partial charge < -0.3 is 15.2 Å². The van der Waals surface area contributed by atoms with Crippen molar-refractivity contribution in [2.24, 2.45) is 0 Å². The number of hydrogen-bond acceptors (Lipinski definition) is 5. The summed E-state index contributed by atoms with van der Waals surface area (Å²) in [5.41, 5.74) is 1.75. The number of anilines is 1. The molecule has 2 N–H and O–H groups in total. The van der Waals surface area contributed by atoms with E-state index in [1.807, 2.05) is 25.1 Å². The lowest BCUT2D eigenvalue weighted by atomic mass is 10.0. The molecule has 3 rings (SSSR count). The minimum atomic E-state index is -0.502. The molecule has 7 nitrogen and oxygen atoms in total. The van der Waals surface area contributed by atoms with Crippen LogP contribution in [0.2, 0.25) is 0 Å². The zero-order valence-electron chi connectivity index (χ0n) is 16.2. The van der Waals surface area contributed by atoms with Crippen LogP contribution < -0.4 is 15.6 Å². The molecule has 0 aliphatic heterocycles. The van der Waals surface area contributed by atoms with Gasteiger partial charge in [0.2, 0.25) is 5.91 Å². The zero-order valence-corrected chi connectivity index (χ0v) is 16.2. The molecule has 1 aromatic heterocycles. The Labute approximate surface area is 167 Å². The number of ketones is 1. The Hall–Kier alpha value is -3.87. The summed E-state index contributed by atoms with van der Waals surface area (Å²) in [5, 5.41) is 12.9. The van der Waals surface area contributed by atoms with Gasteiger partial charge in [0.25, 0.3) is 5.56 Å². The molecular formula is C22H20N2O5. The van der Waals surface area contributed by atoms with E-state index in [1.54, 1.807) is 6.07 Å². The number of aromatic nitrogens is 1. The van der Waals surface area contributed by atoms with E-state index in [0.29, 0.717) is 5.69 Å². The monoisotopic (exact) mass is 392 g/mol. The first kappa shape index (κ1) is 19.9. The molecule has 0 radical (unpaired) electrons. The van der Waals surface area contributed by atoms with Crippen molar-refractivity contribution in [2.75, 3.05) is 12.4 Å². The van der Waals surface area contributed by atoms with E-state index in [0.717, 1.165) is 5.56 Å². The summed E-state index contributed by atoms with van der Waals surface area (Å²) in [5.74, 6) is -0.924. The first-order valence-electron chi connectivity index (χ1n) is 8.83. The molecule has 7 heteroatoms. The average molecular weight is 392 g/mol. The number of benzene rings is 2. The molecular weight excluding hydrogens is 372 g/mol. The van der Waals surface area contributed by atoms with Crippen molar-refractivity contribution in [3.05, 3.63) is 81.8 Å². The predicted molar refractivity (Wildman–Crippen MR) is 109 cm³/mol. The van der Waals surface area contributed by atoms with E-state index in [2.05, 4.69) is 5.32 Å². The molecule has 0 bridgehead atoms. The SMILES string of the molecule is COc1cc(O)c(C(=O)c2ccc(=O)n(-c3cccc(C)c3)c2)cc1NC(C)=O. The Kier molecular flexibility index (Phi) is 5.50. The second kappa shape index (κ2) is 8.02. The van der Waals surface area contributed by atoms with Gasteiger partial charge in [0.05, 0.1) is 18.4 Å². The van der Waals surface area contributed by atoms with E-state index in [4.69, 9.17) is 4.74 Å². The highest BCUT2D eigenvalue weighted by molar-refractivity contribution is 6.11. The average Bonchev–Trinajstić information content (AvgIpc) is 2.68. The number of methoxy groups -OCH3 is 1. The number of rotatable bonds is 5. The first-order valence-corrected chi connectivity index (χ1v) is 8.83. The number of nitrogens with one attached hydrogen (secondary N) is 1. The zero-order chi connectivity index (χ0) is 21.1. The smallest absolute Gasteiger partial charge is 0.255 e. The molecule has 0 spiro atoms. The van der Waals surface area contributed by atoms with E-state index >= 15 is 0 Å². The molecule has 0 aliphatic rings. The summed E-state index contributed by atoms with van der Waals surface area (Å²) in [6, 6.07) is 12.6. The number of aryl methyl sites for hydroxylation is 1. The molecule has 2 aromatic carbocycles. The van der Waals surface area contributed by atoms with Crippen LogP contribution in [-0.4, -0.2) is 28.5 Å². The van der Waals surface area contributed by atoms with Crippen molar-refractivity contribution in [1.82, 2.24) is 4.57 Å². The molecule has 1 heterocycles. The predicted octanol–water partition coefficient (Wildman–Crippen LogP) is 3.05. The molecule has 0 saturated carbocycles. The molecule has 0 unspecified atom stereocenters. The van der Waals surface area contributed by atoms with Crippen molar-refractivity contribution in [3.63, 3.8) is 0 Å². The Morgan fingerprint density at radius 1 is 1.10 bits per heavy atom. The highest BCUT2D eigenvalue weighted by Crippen LogP contribution is 2.33. The molecule has 3 aromatic rings. The van der Waals surface area contributed by atoms with Crippen LogP contribution in [0.1, 0.15) is 28.4 Å². The van der Waals surface area contributed by atoms with Crippen LogP contribution in [0.3, 0.4) is 0 Å². The van der Waals surface area contributed by atoms with Crippen molar-refractivity contribution in [2.45, 2.75) is 13.8 Å². The Morgan fingerprint density at radius 2 is 1.86 bits per heavy atom. The summed E-state index contributed by atoms with van der Waals surface area (Å²) >= 11 is 0. The van der Waals surface area contributed by atoms with Gasteiger partial charge in [0, 0.05) is 36.5 Å². The molecule has 0 saturated heterocycles. The Bertz CT molecular complexity index is 1160. The van der Waals surface area contributed by atoms with Crippen molar-refractivity contribution in [3.8, 4) is 17.2 Å². The van der Waals surface area contributed by atoms with E-state index in [1.165, 1.54) is 49.1 Å². The number of nitrogens with zero attached hydrogens (tertiary/aromatic N) is 1. The third kappa shape index (κ3) is 4.19. The summed E-state index contributed by atoms with van der Waals surface area (Å²) < 4.78 is 6.51. The van der Waals surface area contributed by atoms with Gasteiger partial charge in [-0.05, 0) is 36.8 Å². The third-order valence-electron chi connectivity index (χ3n) is 4.33. The number of ether oxygens (including phenoxy) is 1. The van der Waals surface area contributed by atoms with Crippen LogP contribution >= 0.6 is 0 Å². The van der Waals surface area contributed by atoms with E-state index in [-0.39, 0.29) is 39.8 Å². The van der Waals surface area contributed by atoms with Crippen LogP contribution in [0, 0.1) is 6.92 Å². The van der Waals surface area contributed by atoms with Gasteiger partial charge in [-0.25, -0.2) is 0 Å². The molecule has 0 fully saturated rings. The number of amides is 1. The quantitative estimate of drug-likeness (QED) is 0.514. The van der Waals surface area contributed by atoms with Gasteiger partial charge in [-0.1, -0.05) is 12.1 Å². The fraction of sp³-hybridized carbons (Fsp3) is 0.136. The van der Waals surface area contributed by atoms with Gasteiger partial charge in [-0.15, -0.1) is 0 Å². The fourth-order valence-electron chi connectivity index (χ4n) is 2.96. The van der Waals surface area contributed by atoms with Crippen LogP contribution in [0.4, 0.5) is 5.69 Å². The highest BCUT2D eigenvalue weighted by Gasteiger charge is 2.19. The van der Waals surface area contributed by atoms with Crippen molar-refractivity contribution < 1.29 is 19.4 Å². The minimum absolute atomic E-state index is 0.0241. The third-order valence-corrected chi connectivity index (χ3v) is 4.33. The number of hydrogen-bond donors (Lipinski definition) is 2. The normalized spacial score (nSPS) is 10.4. The van der Waals surface area contributed by atoms with Crippen molar-refractivity contribution >= 4 is 17.4 Å². The van der Waals surface area contributed by atoms with Crippen molar-refractivity contribution in [1.29, 1.82) is 0 Å². The maximum atomic E-state index is 13.0. The second-order valence-electron chi connectivity index (χ2n) is 6.54. The summed E-state index contributed by atoms with van der Waals surface area (Å²) in [6.45, 7) is 3.23. The van der Waals surface area contributed by atoms with Gasteiger partial charge in [-0.2, -0.15) is 0 Å². The number of pyridine rings is 1. The standard InChI is InChI=1S/C22H20N2O5/c1-13-5-4-6-16(9-13)24-12-15(7-8-21(24)27)22(28)17-10-18(23-14(2)25)20(29-3)11-19(17)26/h4-12,26H,1-3H3,(H,23,25). The summed E-state index contributed by atoms with van der Waals surface area (Å²) in [7, 11) is 1.39. The van der Waals surface area contributed by atoms with Gasteiger partial charge >= 0.3 is 0 Å². The topological polar surface area (TPSA) is 97.6 Å². The molecule has 1 amide bonds. The maximum Gasteiger partial charge on any atom is 0.255 e. The Balaban J connectivity index is 2.08. The molecule has 148 valence electrons. The fourth-order valence-corrected chi connectivity index (χ4v) is 2.96. The number of phenolic OH excluding ortho intramolecular Hbond substituents is 1. The lowest BCUT2D eigenvalue weighted by Crippen LogP contribution is -2.19. The molecule has 29 heavy (non-hydrogen) atoms. The summed E-state index contributed by atoms with van der Waals surface area (Å²) in [4.78, 5) is 36.8. The van der Waals surface area contributed by atoms with Crippen LogP contribution in [0.25, 0.3) is 5.69 Å².